The van der Waals surface area contributed by atoms with Crippen LogP contribution in [0.4, 0.5) is 5.69 Å². The average Bonchev–Trinajstić information content (AvgIpc) is 2.19. The summed E-state index contributed by atoms with van der Waals surface area (Å²) in [6.45, 7) is 0. The van der Waals surface area contributed by atoms with Gasteiger partial charge in [-0.1, -0.05) is 11.6 Å². The van der Waals surface area contributed by atoms with E-state index in [2.05, 4.69) is 10.3 Å². The van der Waals surface area contributed by atoms with E-state index in [1.165, 1.54) is 18.0 Å². The summed E-state index contributed by atoms with van der Waals surface area (Å²) in [6, 6.07) is 3.30. The predicted octanol–water partition coefficient (Wildman–Crippen LogP) is 2.59. The number of pyridine rings is 1. The second-order valence-electron chi connectivity index (χ2n) is 2.48. The van der Waals surface area contributed by atoms with Crippen molar-refractivity contribution in [3.05, 3.63) is 44.8 Å². The van der Waals surface area contributed by atoms with Gasteiger partial charge >= 0.3 is 0 Å². The van der Waals surface area contributed by atoms with Gasteiger partial charge in [0.1, 0.15) is 10.2 Å². The van der Waals surface area contributed by atoms with E-state index in [1.807, 2.05) is 0 Å². The Hall–Kier alpha value is -1.27. The molecule has 0 aliphatic heterocycles. The highest BCUT2D eigenvalue weighted by Crippen LogP contribution is 2.17. The Morgan fingerprint density at radius 2 is 2.47 bits per heavy atom. The molecule has 1 heterocycles. The molecule has 0 radical (unpaired) electrons. The Morgan fingerprint density at radius 3 is 2.93 bits per heavy atom. The third kappa shape index (κ3) is 4.18. The maximum atomic E-state index is 10.3. The normalized spacial score (nSPS) is 11.2. The van der Waals surface area contributed by atoms with Crippen molar-refractivity contribution >= 4 is 29.1 Å². The summed E-state index contributed by atoms with van der Waals surface area (Å²) < 4.78 is 0. The highest BCUT2D eigenvalue weighted by molar-refractivity contribution is 8.02. The van der Waals surface area contributed by atoms with E-state index in [9.17, 15) is 10.1 Å². The first-order chi connectivity index (χ1) is 7.11. The van der Waals surface area contributed by atoms with Gasteiger partial charge in [-0.05, 0) is 18.4 Å². The Morgan fingerprint density at radius 1 is 1.73 bits per heavy atom. The van der Waals surface area contributed by atoms with Gasteiger partial charge in [0, 0.05) is 0 Å². The lowest BCUT2D eigenvalue weighted by atomic mass is 10.4. The van der Waals surface area contributed by atoms with Crippen LogP contribution in [-0.2, 0) is 0 Å². The number of rotatable bonds is 4. The zero-order valence-electron chi connectivity index (χ0n) is 7.81. The minimum atomic E-state index is -0.512. The molecule has 0 bridgehead atoms. The van der Waals surface area contributed by atoms with Crippen molar-refractivity contribution in [3.63, 3.8) is 0 Å². The second-order valence-corrected chi connectivity index (χ2v) is 3.71. The number of hydrogen-bond donors (Lipinski definition) is 1. The van der Waals surface area contributed by atoms with Crippen LogP contribution in [0.5, 0.6) is 0 Å². The summed E-state index contributed by atoms with van der Waals surface area (Å²) in [5.74, 6) is 0. The van der Waals surface area contributed by atoms with Gasteiger partial charge in [0.05, 0.1) is 16.8 Å². The van der Waals surface area contributed by atoms with Crippen LogP contribution in [0.1, 0.15) is 0 Å². The van der Waals surface area contributed by atoms with Crippen LogP contribution >= 0.6 is 23.4 Å². The topological polar surface area (TPSA) is 68.1 Å². The van der Waals surface area contributed by atoms with E-state index < -0.39 is 4.92 Å². The molecule has 0 aromatic carbocycles. The molecule has 0 atom stereocenters. The molecule has 1 rings (SSSR count). The SMILES string of the molecule is CS/C(=C\[N+](=O)[O-])Nc1ccc(Cl)nc1. The van der Waals surface area contributed by atoms with Crippen LogP contribution in [0.15, 0.2) is 29.6 Å². The van der Waals surface area contributed by atoms with Crippen molar-refractivity contribution in [1.82, 2.24) is 4.98 Å². The van der Waals surface area contributed by atoms with E-state index in [0.29, 0.717) is 15.9 Å². The van der Waals surface area contributed by atoms with E-state index in [4.69, 9.17) is 11.6 Å². The van der Waals surface area contributed by atoms with Crippen molar-refractivity contribution in [1.29, 1.82) is 0 Å². The van der Waals surface area contributed by atoms with Crippen LogP contribution < -0.4 is 5.32 Å². The molecule has 0 fully saturated rings. The Bertz CT molecular complexity index is 380. The van der Waals surface area contributed by atoms with Crippen molar-refractivity contribution in [2.45, 2.75) is 0 Å². The van der Waals surface area contributed by atoms with Gasteiger partial charge in [-0.15, -0.1) is 11.8 Å². The Kier molecular flexibility index (Phi) is 4.38. The largest absolute Gasteiger partial charge is 0.344 e. The van der Waals surface area contributed by atoms with Crippen LogP contribution in [-0.4, -0.2) is 16.2 Å². The molecule has 1 N–H and O–H groups in total. The lowest BCUT2D eigenvalue weighted by molar-refractivity contribution is -0.402. The fourth-order valence-electron chi connectivity index (χ4n) is 0.824. The van der Waals surface area contributed by atoms with Gasteiger partial charge in [-0.3, -0.25) is 10.1 Å². The first-order valence-electron chi connectivity index (χ1n) is 3.89. The number of thioether (sulfide) groups is 1. The number of hydrogen-bond acceptors (Lipinski definition) is 5. The molecule has 1 aromatic heterocycles. The highest BCUT2D eigenvalue weighted by Gasteiger charge is 2.02. The molecule has 0 aliphatic carbocycles. The summed E-state index contributed by atoms with van der Waals surface area (Å²) >= 11 is 6.84. The number of aromatic nitrogens is 1. The first-order valence-corrected chi connectivity index (χ1v) is 5.50. The minimum absolute atomic E-state index is 0.379. The van der Waals surface area contributed by atoms with Gasteiger partial charge in [0.15, 0.2) is 0 Å². The lowest BCUT2D eigenvalue weighted by Crippen LogP contribution is -1.99. The Labute approximate surface area is 95.7 Å². The summed E-state index contributed by atoms with van der Waals surface area (Å²) in [5, 5.41) is 13.9. The fraction of sp³-hybridized carbons (Fsp3) is 0.125. The van der Waals surface area contributed by atoms with Crippen molar-refractivity contribution < 1.29 is 4.92 Å². The van der Waals surface area contributed by atoms with Crippen molar-refractivity contribution in [2.75, 3.05) is 11.6 Å². The van der Waals surface area contributed by atoms with Gasteiger partial charge in [0.25, 0.3) is 6.20 Å². The third-order valence-electron chi connectivity index (χ3n) is 1.44. The van der Waals surface area contributed by atoms with E-state index in [1.54, 1.807) is 18.4 Å². The molecule has 1 aromatic rings. The average molecular weight is 246 g/mol. The monoisotopic (exact) mass is 245 g/mol. The van der Waals surface area contributed by atoms with Gasteiger partial charge in [0.2, 0.25) is 0 Å². The summed E-state index contributed by atoms with van der Waals surface area (Å²) in [4.78, 5) is 13.6. The van der Waals surface area contributed by atoms with Crippen LogP contribution in [0.2, 0.25) is 5.15 Å². The minimum Gasteiger partial charge on any atom is -0.344 e. The van der Waals surface area contributed by atoms with E-state index in [0.717, 1.165) is 6.20 Å². The van der Waals surface area contributed by atoms with E-state index >= 15 is 0 Å². The molecule has 0 amide bonds. The van der Waals surface area contributed by atoms with Crippen LogP contribution in [0.25, 0.3) is 0 Å². The van der Waals surface area contributed by atoms with Gasteiger partial charge in [-0.25, -0.2) is 4.98 Å². The second kappa shape index (κ2) is 5.57. The summed E-state index contributed by atoms with van der Waals surface area (Å²) in [5.41, 5.74) is 0.654. The molecule has 0 spiro atoms. The number of nitro groups is 1. The first kappa shape index (κ1) is 11.8. The van der Waals surface area contributed by atoms with Crippen LogP contribution in [0, 0.1) is 10.1 Å². The molecule has 80 valence electrons. The smallest absolute Gasteiger partial charge is 0.264 e. The molecule has 0 unspecified atom stereocenters. The zero-order valence-corrected chi connectivity index (χ0v) is 9.38. The quantitative estimate of drug-likeness (QED) is 0.502. The number of halogens is 1. The number of nitrogens with one attached hydrogen (secondary N) is 1. The maximum Gasteiger partial charge on any atom is 0.264 e. The summed E-state index contributed by atoms with van der Waals surface area (Å²) in [7, 11) is 0. The van der Waals surface area contributed by atoms with Crippen LogP contribution in [0.3, 0.4) is 0 Å². The predicted molar refractivity (Wildman–Crippen MR) is 61.5 cm³/mol. The molecule has 0 saturated heterocycles. The third-order valence-corrected chi connectivity index (χ3v) is 2.31. The molecule has 0 saturated carbocycles. The number of anilines is 1. The molecule has 15 heavy (non-hydrogen) atoms. The molecule has 5 nitrogen and oxygen atoms in total. The lowest BCUT2D eigenvalue weighted by Gasteiger charge is -2.04. The summed E-state index contributed by atoms with van der Waals surface area (Å²) in [6.07, 6.45) is 4.15. The molecule has 7 heteroatoms. The van der Waals surface area contributed by atoms with E-state index in [-0.39, 0.29) is 0 Å². The molecule has 0 aliphatic rings. The Balaban J connectivity index is 2.75. The standard InChI is InChI=1S/C8H8ClN3O2S/c1-15-8(5-12(13)14)11-6-2-3-7(9)10-4-6/h2-5,11H,1H3/b8-5-. The van der Waals surface area contributed by atoms with Gasteiger partial charge < -0.3 is 5.32 Å². The van der Waals surface area contributed by atoms with Crippen molar-refractivity contribution in [3.8, 4) is 0 Å². The van der Waals surface area contributed by atoms with Crippen molar-refractivity contribution in [2.24, 2.45) is 0 Å². The highest BCUT2D eigenvalue weighted by atomic mass is 35.5. The zero-order chi connectivity index (χ0) is 11.3. The number of nitrogens with zero attached hydrogens (tertiary/aromatic N) is 2. The molecular formula is C8H8ClN3O2S. The maximum absolute atomic E-state index is 10.3. The van der Waals surface area contributed by atoms with Gasteiger partial charge in [-0.2, -0.15) is 0 Å². The molecular weight excluding hydrogens is 238 g/mol. The fourth-order valence-corrected chi connectivity index (χ4v) is 1.35.